The Hall–Kier alpha value is -1.30. The molecule has 0 aromatic heterocycles. The number of allylic oxidation sites excluding steroid dienone is 3. The van der Waals surface area contributed by atoms with E-state index in [0.717, 1.165) is 0 Å². The Morgan fingerprint density at radius 2 is 1.50 bits per heavy atom. The van der Waals surface area contributed by atoms with Gasteiger partial charge in [-0.2, -0.15) is 0 Å². The molecule has 0 saturated carbocycles. The highest BCUT2D eigenvalue weighted by Gasteiger charge is 1.88. The molecule has 1 rings (SSSR count). The first kappa shape index (κ1) is 12.7. The average molecular weight is 188 g/mol. The van der Waals surface area contributed by atoms with Gasteiger partial charge in [0, 0.05) is 0 Å². The van der Waals surface area contributed by atoms with E-state index in [2.05, 4.69) is 50.8 Å². The van der Waals surface area contributed by atoms with Gasteiger partial charge < -0.3 is 0 Å². The molecule has 76 valence electrons. The van der Waals surface area contributed by atoms with E-state index < -0.39 is 0 Å². The van der Waals surface area contributed by atoms with Gasteiger partial charge in [0.25, 0.3) is 0 Å². The van der Waals surface area contributed by atoms with Crippen LogP contribution >= 0.6 is 0 Å². The molecule has 0 bridgehead atoms. The summed E-state index contributed by atoms with van der Waals surface area (Å²) in [5.74, 6) is 0. The van der Waals surface area contributed by atoms with Crippen LogP contribution in [-0.2, 0) is 0 Å². The van der Waals surface area contributed by atoms with Gasteiger partial charge in [0.05, 0.1) is 0 Å². The van der Waals surface area contributed by atoms with Crippen molar-refractivity contribution in [2.24, 2.45) is 0 Å². The molecule has 0 heterocycles. The SMILES string of the molecule is C/C=C(\C)c1ccccc1.C=C(C)C. The molecule has 0 unspecified atom stereocenters. The maximum atomic E-state index is 3.56. The third-order valence-electron chi connectivity index (χ3n) is 1.66. The molecule has 0 nitrogen and oxygen atoms in total. The van der Waals surface area contributed by atoms with Crippen molar-refractivity contribution >= 4 is 5.57 Å². The Bertz CT molecular complexity index is 287. The van der Waals surface area contributed by atoms with Gasteiger partial charge in [-0.1, -0.05) is 42.0 Å². The monoisotopic (exact) mass is 188 g/mol. The van der Waals surface area contributed by atoms with Crippen LogP contribution < -0.4 is 0 Å². The van der Waals surface area contributed by atoms with E-state index in [1.165, 1.54) is 16.7 Å². The van der Waals surface area contributed by atoms with Gasteiger partial charge in [0.2, 0.25) is 0 Å². The molecule has 0 fully saturated rings. The van der Waals surface area contributed by atoms with Crippen molar-refractivity contribution < 1.29 is 0 Å². The zero-order chi connectivity index (χ0) is 11.0. The Labute approximate surface area is 88.0 Å². The summed E-state index contributed by atoms with van der Waals surface area (Å²) in [7, 11) is 0. The van der Waals surface area contributed by atoms with Crippen LogP contribution in [0.1, 0.15) is 33.3 Å². The largest absolute Gasteiger partial charge is 0.100 e. The molecule has 0 heteroatoms. The van der Waals surface area contributed by atoms with E-state index >= 15 is 0 Å². The molecule has 0 saturated heterocycles. The lowest BCUT2D eigenvalue weighted by atomic mass is 10.1. The van der Waals surface area contributed by atoms with E-state index in [4.69, 9.17) is 0 Å². The maximum Gasteiger partial charge on any atom is -0.0231 e. The lowest BCUT2D eigenvalue weighted by Crippen LogP contribution is -1.75. The zero-order valence-corrected chi connectivity index (χ0v) is 9.67. The van der Waals surface area contributed by atoms with Crippen LogP contribution in [-0.4, -0.2) is 0 Å². The molecule has 0 aliphatic carbocycles. The minimum atomic E-state index is 1.17. The van der Waals surface area contributed by atoms with E-state index in [0.29, 0.717) is 0 Å². The Kier molecular flexibility index (Phi) is 6.47. The van der Waals surface area contributed by atoms with Crippen LogP contribution in [0, 0.1) is 0 Å². The van der Waals surface area contributed by atoms with Crippen molar-refractivity contribution in [2.75, 3.05) is 0 Å². The normalized spacial score (nSPS) is 10.1. The first-order chi connectivity index (χ1) is 6.57. The predicted molar refractivity (Wildman–Crippen MR) is 66.3 cm³/mol. The minimum absolute atomic E-state index is 1.17. The Morgan fingerprint density at radius 1 is 1.07 bits per heavy atom. The molecule has 14 heavy (non-hydrogen) atoms. The van der Waals surface area contributed by atoms with Crippen molar-refractivity contribution in [3.05, 3.63) is 54.1 Å². The summed E-state index contributed by atoms with van der Waals surface area (Å²) in [5, 5.41) is 0. The van der Waals surface area contributed by atoms with Crippen molar-refractivity contribution in [1.82, 2.24) is 0 Å². The molecule has 0 aliphatic rings. The quantitative estimate of drug-likeness (QED) is 0.561. The van der Waals surface area contributed by atoms with Crippen molar-refractivity contribution in [3.8, 4) is 0 Å². The molecule has 0 atom stereocenters. The van der Waals surface area contributed by atoms with Crippen LogP contribution in [0.2, 0.25) is 0 Å². The Morgan fingerprint density at radius 3 is 1.86 bits per heavy atom. The van der Waals surface area contributed by atoms with Crippen LogP contribution in [0.5, 0.6) is 0 Å². The fourth-order valence-corrected chi connectivity index (χ4v) is 0.868. The van der Waals surface area contributed by atoms with E-state index in [1.807, 2.05) is 19.9 Å². The highest BCUT2D eigenvalue weighted by Crippen LogP contribution is 2.11. The van der Waals surface area contributed by atoms with Crippen molar-refractivity contribution in [2.45, 2.75) is 27.7 Å². The lowest BCUT2D eigenvalue weighted by molar-refractivity contribution is 1.42. The fraction of sp³-hybridized carbons (Fsp3) is 0.286. The number of hydrogen-bond donors (Lipinski definition) is 0. The summed E-state index contributed by atoms with van der Waals surface area (Å²) in [6.07, 6.45) is 2.12. The fourth-order valence-electron chi connectivity index (χ4n) is 0.868. The molecular formula is C14H20. The summed E-state index contributed by atoms with van der Waals surface area (Å²) in [4.78, 5) is 0. The number of hydrogen-bond acceptors (Lipinski definition) is 0. The molecule has 1 aromatic rings. The van der Waals surface area contributed by atoms with E-state index in [-0.39, 0.29) is 0 Å². The second kappa shape index (κ2) is 7.14. The third-order valence-corrected chi connectivity index (χ3v) is 1.66. The van der Waals surface area contributed by atoms with Gasteiger partial charge in [-0.15, -0.1) is 6.58 Å². The highest BCUT2D eigenvalue weighted by atomic mass is 13.9. The molecule has 0 spiro atoms. The topological polar surface area (TPSA) is 0 Å². The van der Waals surface area contributed by atoms with Gasteiger partial charge in [0.1, 0.15) is 0 Å². The van der Waals surface area contributed by atoms with Crippen LogP contribution in [0.15, 0.2) is 48.6 Å². The van der Waals surface area contributed by atoms with Gasteiger partial charge in [0.15, 0.2) is 0 Å². The number of rotatable bonds is 1. The number of benzene rings is 1. The predicted octanol–water partition coefficient (Wildman–Crippen LogP) is 4.69. The smallest absolute Gasteiger partial charge is 0.0231 e. The zero-order valence-electron chi connectivity index (χ0n) is 9.67. The van der Waals surface area contributed by atoms with Crippen LogP contribution in [0.25, 0.3) is 5.57 Å². The second-order valence-electron chi connectivity index (χ2n) is 3.54. The second-order valence-corrected chi connectivity index (χ2v) is 3.54. The van der Waals surface area contributed by atoms with Crippen LogP contribution in [0.4, 0.5) is 0 Å². The summed E-state index contributed by atoms with van der Waals surface area (Å²) in [5.41, 5.74) is 3.81. The van der Waals surface area contributed by atoms with Gasteiger partial charge in [-0.05, 0) is 38.8 Å². The van der Waals surface area contributed by atoms with Crippen molar-refractivity contribution in [3.63, 3.8) is 0 Å². The third kappa shape index (κ3) is 6.24. The summed E-state index contributed by atoms with van der Waals surface area (Å²) < 4.78 is 0. The summed E-state index contributed by atoms with van der Waals surface area (Å²) in [6, 6.07) is 10.4. The van der Waals surface area contributed by atoms with Crippen LogP contribution in [0.3, 0.4) is 0 Å². The molecule has 1 aromatic carbocycles. The van der Waals surface area contributed by atoms with E-state index in [1.54, 1.807) is 0 Å². The molecular weight excluding hydrogens is 168 g/mol. The van der Waals surface area contributed by atoms with Crippen molar-refractivity contribution in [1.29, 1.82) is 0 Å². The first-order valence-corrected chi connectivity index (χ1v) is 4.88. The lowest BCUT2D eigenvalue weighted by Gasteiger charge is -1.97. The molecule has 0 N–H and O–H groups in total. The van der Waals surface area contributed by atoms with Gasteiger partial charge >= 0.3 is 0 Å². The summed E-state index contributed by atoms with van der Waals surface area (Å²) >= 11 is 0. The van der Waals surface area contributed by atoms with E-state index in [9.17, 15) is 0 Å². The molecule has 0 radical (unpaired) electrons. The molecule has 0 aliphatic heterocycles. The maximum absolute atomic E-state index is 3.56. The van der Waals surface area contributed by atoms with Gasteiger partial charge in [-0.3, -0.25) is 0 Å². The van der Waals surface area contributed by atoms with Gasteiger partial charge in [-0.25, -0.2) is 0 Å². The minimum Gasteiger partial charge on any atom is -0.100 e. The summed E-state index contributed by atoms with van der Waals surface area (Å²) in [6.45, 7) is 11.7. The highest BCUT2D eigenvalue weighted by molar-refractivity contribution is 5.62. The average Bonchev–Trinajstić information content (AvgIpc) is 2.17. The Balaban J connectivity index is 0.000000364. The standard InChI is InChI=1S/C10H12.C4H8/c1-3-9(2)10-7-5-4-6-8-10;1-4(2)3/h3-8H,1-2H3;1H2,2-3H3/b9-3+;. The first-order valence-electron chi connectivity index (χ1n) is 4.88. The molecule has 0 amide bonds.